The van der Waals surface area contributed by atoms with E-state index < -0.39 is 0 Å². The number of benzene rings is 1. The fourth-order valence-corrected chi connectivity index (χ4v) is 1.76. The molecule has 0 radical (unpaired) electrons. The van der Waals surface area contributed by atoms with Crippen LogP contribution in [0, 0.1) is 6.92 Å². The molecule has 0 spiro atoms. The number of rotatable bonds is 4. The first kappa shape index (κ1) is 13.2. The molecule has 0 unspecified atom stereocenters. The third kappa shape index (κ3) is 3.63. The predicted molar refractivity (Wildman–Crippen MR) is 74.5 cm³/mol. The Labute approximate surface area is 112 Å². The van der Waals surface area contributed by atoms with Crippen LogP contribution in [0.1, 0.15) is 27.2 Å². The van der Waals surface area contributed by atoms with Gasteiger partial charge in [-0.2, -0.15) is 0 Å². The van der Waals surface area contributed by atoms with E-state index in [4.69, 9.17) is 5.73 Å². The Morgan fingerprint density at radius 1 is 1.21 bits per heavy atom. The van der Waals surface area contributed by atoms with Gasteiger partial charge in [0, 0.05) is 30.5 Å². The first-order valence-corrected chi connectivity index (χ1v) is 6.18. The summed E-state index contributed by atoms with van der Waals surface area (Å²) < 4.78 is 0. The minimum atomic E-state index is -0.0894. The molecule has 0 aliphatic heterocycles. The second kappa shape index (κ2) is 6.11. The standard InChI is InChI=1S/C15H17N3O/c1-11-8-14(6-7-17-11)15(19)18-10-13-4-2-12(9-16)3-5-13/h2-8H,9-10,16H2,1H3,(H,18,19). The van der Waals surface area contributed by atoms with Crippen LogP contribution in [0.2, 0.25) is 0 Å². The maximum atomic E-state index is 11.9. The molecule has 98 valence electrons. The van der Waals surface area contributed by atoms with Crippen LogP contribution in [0.3, 0.4) is 0 Å². The van der Waals surface area contributed by atoms with E-state index in [-0.39, 0.29) is 5.91 Å². The van der Waals surface area contributed by atoms with Crippen molar-refractivity contribution in [2.75, 3.05) is 0 Å². The lowest BCUT2D eigenvalue weighted by Crippen LogP contribution is -2.22. The topological polar surface area (TPSA) is 68.0 Å². The van der Waals surface area contributed by atoms with Gasteiger partial charge >= 0.3 is 0 Å². The van der Waals surface area contributed by atoms with Gasteiger partial charge < -0.3 is 11.1 Å². The van der Waals surface area contributed by atoms with Crippen LogP contribution in [0.4, 0.5) is 0 Å². The minimum absolute atomic E-state index is 0.0894. The summed E-state index contributed by atoms with van der Waals surface area (Å²) in [4.78, 5) is 16.0. The molecule has 19 heavy (non-hydrogen) atoms. The molecule has 0 fully saturated rings. The molecule has 3 N–H and O–H groups in total. The Kier molecular flexibility index (Phi) is 4.26. The van der Waals surface area contributed by atoms with Crippen molar-refractivity contribution in [2.24, 2.45) is 5.73 Å². The van der Waals surface area contributed by atoms with Gasteiger partial charge in [0.1, 0.15) is 0 Å². The molecular formula is C15H17N3O. The van der Waals surface area contributed by atoms with Crippen molar-refractivity contribution < 1.29 is 4.79 Å². The van der Waals surface area contributed by atoms with E-state index >= 15 is 0 Å². The highest BCUT2D eigenvalue weighted by Crippen LogP contribution is 2.05. The molecule has 0 saturated carbocycles. The molecule has 4 nitrogen and oxygen atoms in total. The quantitative estimate of drug-likeness (QED) is 0.875. The van der Waals surface area contributed by atoms with Gasteiger partial charge in [-0.25, -0.2) is 0 Å². The summed E-state index contributed by atoms with van der Waals surface area (Å²) in [5, 5.41) is 2.88. The molecule has 0 aliphatic rings. The number of aryl methyl sites for hydroxylation is 1. The summed E-state index contributed by atoms with van der Waals surface area (Å²) in [5.41, 5.74) is 9.14. The molecule has 0 atom stereocenters. The normalized spacial score (nSPS) is 10.2. The molecule has 0 aliphatic carbocycles. The molecular weight excluding hydrogens is 238 g/mol. The largest absolute Gasteiger partial charge is 0.348 e. The number of nitrogens with zero attached hydrogens (tertiary/aromatic N) is 1. The highest BCUT2D eigenvalue weighted by Gasteiger charge is 2.05. The average molecular weight is 255 g/mol. The average Bonchev–Trinajstić information content (AvgIpc) is 2.45. The summed E-state index contributed by atoms with van der Waals surface area (Å²) in [6.07, 6.45) is 1.64. The predicted octanol–water partition coefficient (Wildman–Crippen LogP) is 1.78. The second-order valence-corrected chi connectivity index (χ2v) is 4.39. The highest BCUT2D eigenvalue weighted by molar-refractivity contribution is 5.94. The molecule has 1 aromatic heterocycles. The number of hydrogen-bond acceptors (Lipinski definition) is 3. The smallest absolute Gasteiger partial charge is 0.251 e. The van der Waals surface area contributed by atoms with Crippen molar-refractivity contribution in [1.82, 2.24) is 10.3 Å². The van der Waals surface area contributed by atoms with Gasteiger partial charge in [0.2, 0.25) is 0 Å². The Morgan fingerprint density at radius 3 is 2.53 bits per heavy atom. The number of pyridine rings is 1. The van der Waals surface area contributed by atoms with Crippen LogP contribution in [-0.4, -0.2) is 10.9 Å². The maximum absolute atomic E-state index is 11.9. The number of carbonyl (C=O) groups is 1. The number of hydrogen-bond donors (Lipinski definition) is 2. The molecule has 1 heterocycles. The van der Waals surface area contributed by atoms with Crippen LogP contribution in [0.5, 0.6) is 0 Å². The van der Waals surface area contributed by atoms with E-state index in [0.29, 0.717) is 18.7 Å². The molecule has 4 heteroatoms. The monoisotopic (exact) mass is 255 g/mol. The summed E-state index contributed by atoms with van der Waals surface area (Å²) in [6.45, 7) is 2.90. The molecule has 2 aromatic rings. The zero-order chi connectivity index (χ0) is 13.7. The fourth-order valence-electron chi connectivity index (χ4n) is 1.76. The van der Waals surface area contributed by atoms with E-state index in [9.17, 15) is 4.79 Å². The third-order valence-corrected chi connectivity index (χ3v) is 2.87. The Balaban J connectivity index is 1.96. The molecule has 2 rings (SSSR count). The van der Waals surface area contributed by atoms with E-state index in [1.807, 2.05) is 31.2 Å². The SMILES string of the molecule is Cc1cc(C(=O)NCc2ccc(CN)cc2)ccn1. The number of nitrogens with two attached hydrogens (primary N) is 1. The summed E-state index contributed by atoms with van der Waals surface area (Å²) in [6, 6.07) is 11.4. The van der Waals surface area contributed by atoms with E-state index in [1.54, 1.807) is 18.3 Å². The lowest BCUT2D eigenvalue weighted by Gasteiger charge is -2.06. The van der Waals surface area contributed by atoms with E-state index in [0.717, 1.165) is 16.8 Å². The fraction of sp³-hybridized carbons (Fsp3) is 0.200. The van der Waals surface area contributed by atoms with Gasteiger partial charge in [-0.3, -0.25) is 9.78 Å². The number of aromatic nitrogens is 1. The highest BCUT2D eigenvalue weighted by atomic mass is 16.1. The molecule has 0 saturated heterocycles. The van der Waals surface area contributed by atoms with Crippen LogP contribution >= 0.6 is 0 Å². The molecule has 1 aromatic carbocycles. The van der Waals surface area contributed by atoms with Gasteiger partial charge in [0.15, 0.2) is 0 Å². The van der Waals surface area contributed by atoms with Crippen molar-refractivity contribution in [1.29, 1.82) is 0 Å². The number of amides is 1. The summed E-state index contributed by atoms with van der Waals surface area (Å²) in [5.74, 6) is -0.0894. The van der Waals surface area contributed by atoms with Crippen molar-refractivity contribution in [2.45, 2.75) is 20.0 Å². The van der Waals surface area contributed by atoms with Crippen molar-refractivity contribution in [3.63, 3.8) is 0 Å². The minimum Gasteiger partial charge on any atom is -0.348 e. The van der Waals surface area contributed by atoms with Crippen molar-refractivity contribution in [3.05, 3.63) is 65.0 Å². The first-order chi connectivity index (χ1) is 9.19. The Bertz CT molecular complexity index is 564. The Hall–Kier alpha value is -2.20. The van der Waals surface area contributed by atoms with Crippen LogP contribution in [-0.2, 0) is 13.1 Å². The summed E-state index contributed by atoms with van der Waals surface area (Å²) >= 11 is 0. The third-order valence-electron chi connectivity index (χ3n) is 2.87. The van der Waals surface area contributed by atoms with Gasteiger partial charge in [-0.05, 0) is 30.2 Å². The van der Waals surface area contributed by atoms with E-state index in [2.05, 4.69) is 10.3 Å². The van der Waals surface area contributed by atoms with Gasteiger partial charge in [-0.15, -0.1) is 0 Å². The van der Waals surface area contributed by atoms with Gasteiger partial charge in [-0.1, -0.05) is 24.3 Å². The van der Waals surface area contributed by atoms with Crippen LogP contribution in [0.25, 0.3) is 0 Å². The first-order valence-electron chi connectivity index (χ1n) is 6.18. The van der Waals surface area contributed by atoms with E-state index in [1.165, 1.54) is 0 Å². The van der Waals surface area contributed by atoms with Crippen molar-refractivity contribution in [3.8, 4) is 0 Å². The zero-order valence-electron chi connectivity index (χ0n) is 10.9. The summed E-state index contributed by atoms with van der Waals surface area (Å²) in [7, 11) is 0. The lowest BCUT2D eigenvalue weighted by atomic mass is 10.1. The lowest BCUT2D eigenvalue weighted by molar-refractivity contribution is 0.0950. The van der Waals surface area contributed by atoms with Crippen LogP contribution < -0.4 is 11.1 Å². The second-order valence-electron chi connectivity index (χ2n) is 4.39. The van der Waals surface area contributed by atoms with Crippen LogP contribution in [0.15, 0.2) is 42.6 Å². The maximum Gasteiger partial charge on any atom is 0.251 e. The van der Waals surface area contributed by atoms with Crippen molar-refractivity contribution >= 4 is 5.91 Å². The zero-order valence-corrected chi connectivity index (χ0v) is 10.9. The van der Waals surface area contributed by atoms with Gasteiger partial charge in [0.05, 0.1) is 0 Å². The number of nitrogens with one attached hydrogen (secondary N) is 1. The molecule has 0 bridgehead atoms. The molecule has 1 amide bonds. The Morgan fingerprint density at radius 2 is 1.89 bits per heavy atom. The number of carbonyl (C=O) groups excluding carboxylic acids is 1. The van der Waals surface area contributed by atoms with Gasteiger partial charge in [0.25, 0.3) is 5.91 Å².